The molecule has 0 radical (unpaired) electrons. The maximum atomic E-state index is 11.9. The van der Waals surface area contributed by atoms with Crippen molar-refractivity contribution < 1.29 is 14.5 Å². The van der Waals surface area contributed by atoms with E-state index >= 15 is 0 Å². The van der Waals surface area contributed by atoms with Gasteiger partial charge in [0.15, 0.2) is 0 Å². The molecule has 0 unspecified atom stereocenters. The van der Waals surface area contributed by atoms with Gasteiger partial charge in [-0.05, 0) is 12.5 Å². The summed E-state index contributed by atoms with van der Waals surface area (Å²) in [5.41, 5.74) is -0.624. The number of pyridine rings is 1. The van der Waals surface area contributed by atoms with Crippen LogP contribution in [0.25, 0.3) is 0 Å². The zero-order valence-electron chi connectivity index (χ0n) is 11.4. The lowest BCUT2D eigenvalue weighted by Crippen LogP contribution is -2.31. The van der Waals surface area contributed by atoms with Gasteiger partial charge >= 0.3 is 0 Å². The molecular weight excluding hydrogens is 300 g/mol. The van der Waals surface area contributed by atoms with Gasteiger partial charge in [-0.1, -0.05) is 18.5 Å². The van der Waals surface area contributed by atoms with Crippen LogP contribution in [0.1, 0.15) is 30.1 Å². The molecule has 1 heterocycles. The Morgan fingerprint density at radius 1 is 1.38 bits per heavy atom. The zero-order valence-corrected chi connectivity index (χ0v) is 12.1. The Balaban J connectivity index is 2.62. The van der Waals surface area contributed by atoms with Gasteiger partial charge in [-0.3, -0.25) is 19.7 Å². The minimum Gasteiger partial charge on any atom is -0.356 e. The summed E-state index contributed by atoms with van der Waals surface area (Å²) in [7, 11) is 0. The van der Waals surface area contributed by atoms with Crippen molar-refractivity contribution in [2.75, 3.05) is 13.1 Å². The predicted octanol–water partition coefficient (Wildman–Crippen LogP) is 1.29. The molecule has 9 heteroatoms. The van der Waals surface area contributed by atoms with Crippen LogP contribution in [-0.2, 0) is 4.79 Å². The number of carbonyl (C=O) groups excluding carboxylic acids is 2. The number of amides is 2. The summed E-state index contributed by atoms with van der Waals surface area (Å²) in [6.45, 7) is 2.57. The van der Waals surface area contributed by atoms with Crippen LogP contribution in [-0.4, -0.2) is 34.8 Å². The first-order valence-corrected chi connectivity index (χ1v) is 6.68. The fourth-order valence-electron chi connectivity index (χ4n) is 1.49. The van der Waals surface area contributed by atoms with Crippen molar-refractivity contribution in [1.29, 1.82) is 0 Å². The molecule has 0 atom stereocenters. The molecule has 0 aliphatic carbocycles. The molecule has 114 valence electrons. The summed E-state index contributed by atoms with van der Waals surface area (Å²) in [5.74, 6) is -0.867. The van der Waals surface area contributed by atoms with E-state index in [1.807, 2.05) is 6.92 Å². The highest BCUT2D eigenvalue weighted by Crippen LogP contribution is 2.20. The Morgan fingerprint density at radius 2 is 2.10 bits per heavy atom. The zero-order chi connectivity index (χ0) is 15.8. The number of nitrogens with zero attached hydrogens (tertiary/aromatic N) is 2. The predicted molar refractivity (Wildman–Crippen MR) is 76.2 cm³/mol. The van der Waals surface area contributed by atoms with Gasteiger partial charge < -0.3 is 10.6 Å². The molecule has 2 N–H and O–H groups in total. The summed E-state index contributed by atoms with van der Waals surface area (Å²) in [5, 5.41) is 15.9. The lowest BCUT2D eigenvalue weighted by atomic mass is 10.2. The molecule has 0 saturated carbocycles. The van der Waals surface area contributed by atoms with Gasteiger partial charge in [0, 0.05) is 19.5 Å². The largest absolute Gasteiger partial charge is 0.356 e. The molecule has 8 nitrogen and oxygen atoms in total. The van der Waals surface area contributed by atoms with Crippen LogP contribution in [0, 0.1) is 10.1 Å². The fourth-order valence-corrected chi connectivity index (χ4v) is 1.65. The maximum Gasteiger partial charge on any atom is 0.300 e. The number of rotatable bonds is 7. The molecule has 0 saturated heterocycles. The summed E-state index contributed by atoms with van der Waals surface area (Å²) >= 11 is 5.63. The van der Waals surface area contributed by atoms with Gasteiger partial charge in [-0.2, -0.15) is 0 Å². The first kappa shape index (κ1) is 16.8. The molecule has 1 aromatic rings. The number of nitro groups is 1. The molecule has 1 rings (SSSR count). The van der Waals surface area contributed by atoms with Crippen molar-refractivity contribution in [2.24, 2.45) is 0 Å². The van der Waals surface area contributed by atoms with Crippen molar-refractivity contribution in [3.63, 3.8) is 0 Å². The third kappa shape index (κ3) is 5.35. The summed E-state index contributed by atoms with van der Waals surface area (Å²) in [6, 6.07) is 1.12. The van der Waals surface area contributed by atoms with Crippen LogP contribution in [0.2, 0.25) is 5.15 Å². The minimum atomic E-state index is -0.716. The molecular formula is C12H15ClN4O4. The van der Waals surface area contributed by atoms with Crippen LogP contribution in [0.4, 0.5) is 5.69 Å². The van der Waals surface area contributed by atoms with E-state index < -0.39 is 16.5 Å². The van der Waals surface area contributed by atoms with Gasteiger partial charge in [-0.15, -0.1) is 0 Å². The van der Waals surface area contributed by atoms with Gasteiger partial charge in [0.2, 0.25) is 5.91 Å². The monoisotopic (exact) mass is 314 g/mol. The van der Waals surface area contributed by atoms with Gasteiger partial charge in [0.25, 0.3) is 11.6 Å². The second-order valence-corrected chi connectivity index (χ2v) is 4.52. The van der Waals surface area contributed by atoms with Crippen molar-refractivity contribution in [2.45, 2.75) is 19.8 Å². The molecule has 0 bridgehead atoms. The SMILES string of the molecule is CCCNC(=O)CCNC(=O)c1cc(Cl)ncc1[N+](=O)[O-]. The number of hydrogen-bond acceptors (Lipinski definition) is 5. The Morgan fingerprint density at radius 3 is 2.71 bits per heavy atom. The van der Waals surface area contributed by atoms with Crippen molar-refractivity contribution in [3.05, 3.63) is 33.1 Å². The Hall–Kier alpha value is -2.22. The van der Waals surface area contributed by atoms with Gasteiger partial charge in [0.1, 0.15) is 16.9 Å². The summed E-state index contributed by atoms with van der Waals surface area (Å²) in [4.78, 5) is 36.9. The second kappa shape index (κ2) is 8.15. The van der Waals surface area contributed by atoms with Crippen LogP contribution < -0.4 is 10.6 Å². The maximum absolute atomic E-state index is 11.9. The van der Waals surface area contributed by atoms with Gasteiger partial charge in [0.05, 0.1) is 4.92 Å². The molecule has 0 fully saturated rings. The Labute approximate surface area is 126 Å². The summed E-state index contributed by atoms with van der Waals surface area (Å²) < 4.78 is 0. The highest BCUT2D eigenvalue weighted by atomic mass is 35.5. The number of halogens is 1. The quantitative estimate of drug-likeness (QED) is 0.447. The van der Waals surface area contributed by atoms with E-state index in [1.54, 1.807) is 0 Å². The lowest BCUT2D eigenvalue weighted by Gasteiger charge is -2.06. The standard InChI is InChI=1S/C12H15ClN4O4/c1-2-4-14-11(18)3-5-15-12(19)8-6-10(13)16-7-9(8)17(20)21/h6-7H,2-5H2,1H3,(H,14,18)(H,15,19). The smallest absolute Gasteiger partial charge is 0.300 e. The van der Waals surface area contributed by atoms with E-state index in [9.17, 15) is 19.7 Å². The van der Waals surface area contributed by atoms with E-state index in [0.29, 0.717) is 6.54 Å². The van der Waals surface area contributed by atoms with Crippen molar-refractivity contribution in [3.8, 4) is 0 Å². The van der Waals surface area contributed by atoms with Crippen LogP contribution >= 0.6 is 11.6 Å². The molecule has 0 aromatic carbocycles. The molecule has 0 aliphatic rings. The van der Waals surface area contributed by atoms with Crippen LogP contribution in [0.15, 0.2) is 12.3 Å². The molecule has 2 amide bonds. The van der Waals surface area contributed by atoms with Crippen LogP contribution in [0.5, 0.6) is 0 Å². The molecule has 21 heavy (non-hydrogen) atoms. The number of carbonyl (C=O) groups is 2. The Bertz CT molecular complexity index is 550. The second-order valence-electron chi connectivity index (χ2n) is 4.14. The minimum absolute atomic E-state index is 0.0218. The third-order valence-electron chi connectivity index (χ3n) is 2.50. The average Bonchev–Trinajstić information content (AvgIpc) is 2.44. The lowest BCUT2D eigenvalue weighted by molar-refractivity contribution is -0.385. The summed E-state index contributed by atoms with van der Waals surface area (Å²) in [6.07, 6.45) is 1.84. The highest BCUT2D eigenvalue weighted by Gasteiger charge is 2.21. The van der Waals surface area contributed by atoms with Crippen molar-refractivity contribution in [1.82, 2.24) is 15.6 Å². The average molecular weight is 315 g/mol. The van der Waals surface area contributed by atoms with Crippen LogP contribution in [0.3, 0.4) is 0 Å². The molecule has 1 aromatic heterocycles. The normalized spacial score (nSPS) is 10.0. The van der Waals surface area contributed by atoms with E-state index in [1.165, 1.54) is 0 Å². The van der Waals surface area contributed by atoms with E-state index in [4.69, 9.17) is 11.6 Å². The first-order valence-electron chi connectivity index (χ1n) is 6.30. The molecule has 0 aliphatic heterocycles. The van der Waals surface area contributed by atoms with E-state index in [0.717, 1.165) is 18.7 Å². The number of aromatic nitrogens is 1. The fraction of sp³-hybridized carbons (Fsp3) is 0.417. The van der Waals surface area contributed by atoms with E-state index in [-0.39, 0.29) is 29.6 Å². The van der Waals surface area contributed by atoms with E-state index in [2.05, 4.69) is 15.6 Å². The highest BCUT2D eigenvalue weighted by molar-refractivity contribution is 6.29. The van der Waals surface area contributed by atoms with Gasteiger partial charge in [-0.25, -0.2) is 4.98 Å². The topological polar surface area (TPSA) is 114 Å². The number of nitrogens with one attached hydrogen (secondary N) is 2. The first-order chi connectivity index (χ1) is 9.95. The van der Waals surface area contributed by atoms with Crippen molar-refractivity contribution >= 4 is 29.1 Å². The number of hydrogen-bond donors (Lipinski definition) is 2. The third-order valence-corrected chi connectivity index (χ3v) is 2.71. The Kier molecular flexibility index (Phi) is 6.54. The molecule has 0 spiro atoms.